The number of carbonyl (C=O) groups is 1. The first kappa shape index (κ1) is 21.6. The molecule has 5 nitrogen and oxygen atoms in total. The van der Waals surface area contributed by atoms with Crippen molar-refractivity contribution in [1.82, 2.24) is 10.2 Å². The van der Waals surface area contributed by atoms with Gasteiger partial charge >= 0.3 is 0 Å². The van der Waals surface area contributed by atoms with E-state index in [1.54, 1.807) is 12.1 Å². The Kier molecular flexibility index (Phi) is 7.92. The molecule has 2 aromatic rings. The highest BCUT2D eigenvalue weighted by molar-refractivity contribution is 6.30. The average molecular weight is 417 g/mol. The molecule has 156 valence electrons. The molecule has 1 heterocycles. The lowest BCUT2D eigenvalue weighted by Gasteiger charge is -2.35. The van der Waals surface area contributed by atoms with E-state index in [-0.39, 0.29) is 11.9 Å². The number of rotatable bonds is 8. The van der Waals surface area contributed by atoms with Crippen molar-refractivity contribution in [2.75, 3.05) is 39.5 Å². The van der Waals surface area contributed by atoms with Gasteiger partial charge in [0, 0.05) is 30.2 Å². The molecule has 3 rings (SSSR count). The van der Waals surface area contributed by atoms with Gasteiger partial charge in [-0.3, -0.25) is 9.69 Å². The molecule has 0 radical (unpaired) electrons. The summed E-state index contributed by atoms with van der Waals surface area (Å²) in [5, 5.41) is 3.79. The fraction of sp³-hybridized carbons (Fsp3) is 0.435. The molecule has 1 amide bonds. The van der Waals surface area contributed by atoms with Gasteiger partial charge in [0.2, 0.25) is 0 Å². The van der Waals surface area contributed by atoms with Gasteiger partial charge in [-0.25, -0.2) is 0 Å². The molecule has 0 unspecified atom stereocenters. The van der Waals surface area contributed by atoms with Crippen LogP contribution in [0, 0.1) is 5.92 Å². The van der Waals surface area contributed by atoms with E-state index in [2.05, 4.69) is 24.1 Å². The lowest BCUT2D eigenvalue weighted by atomic mass is 10.0. The van der Waals surface area contributed by atoms with Crippen LogP contribution in [0.4, 0.5) is 0 Å². The number of benzene rings is 2. The summed E-state index contributed by atoms with van der Waals surface area (Å²) in [6.07, 6.45) is 0. The second-order valence-electron chi connectivity index (χ2n) is 7.65. The van der Waals surface area contributed by atoms with Crippen LogP contribution < -0.4 is 10.1 Å². The summed E-state index contributed by atoms with van der Waals surface area (Å²) in [6.45, 7) is 8.47. The summed E-state index contributed by atoms with van der Waals surface area (Å²) in [5.41, 5.74) is 1.76. The minimum Gasteiger partial charge on any atom is -0.493 e. The number of amides is 1. The Morgan fingerprint density at radius 3 is 2.38 bits per heavy atom. The number of halogens is 1. The predicted octanol–water partition coefficient (Wildman–Crippen LogP) is 4.18. The fourth-order valence-corrected chi connectivity index (χ4v) is 3.41. The minimum absolute atomic E-state index is 0.0776. The smallest absolute Gasteiger partial charge is 0.251 e. The van der Waals surface area contributed by atoms with Crippen molar-refractivity contribution < 1.29 is 14.3 Å². The third-order valence-corrected chi connectivity index (χ3v) is 5.15. The zero-order valence-electron chi connectivity index (χ0n) is 17.1. The summed E-state index contributed by atoms with van der Waals surface area (Å²) in [4.78, 5) is 15.0. The van der Waals surface area contributed by atoms with Gasteiger partial charge in [-0.1, -0.05) is 37.6 Å². The largest absolute Gasteiger partial charge is 0.493 e. The Balaban J connectivity index is 1.63. The molecule has 1 fully saturated rings. The first-order valence-corrected chi connectivity index (χ1v) is 10.5. The number of hydrogen-bond donors (Lipinski definition) is 1. The molecule has 1 atom stereocenters. The third-order valence-electron chi connectivity index (χ3n) is 4.90. The number of nitrogens with one attached hydrogen (secondary N) is 1. The van der Waals surface area contributed by atoms with E-state index in [4.69, 9.17) is 21.1 Å². The summed E-state index contributed by atoms with van der Waals surface area (Å²) < 4.78 is 11.2. The quantitative estimate of drug-likeness (QED) is 0.701. The Hall–Kier alpha value is -2.08. The van der Waals surface area contributed by atoms with E-state index in [9.17, 15) is 4.79 Å². The highest BCUT2D eigenvalue weighted by Gasteiger charge is 2.23. The van der Waals surface area contributed by atoms with Crippen LogP contribution in [-0.2, 0) is 4.74 Å². The van der Waals surface area contributed by atoms with Crippen molar-refractivity contribution in [3.63, 3.8) is 0 Å². The molecule has 1 aliphatic heterocycles. The monoisotopic (exact) mass is 416 g/mol. The molecule has 0 aromatic heterocycles. The van der Waals surface area contributed by atoms with Crippen molar-refractivity contribution in [3.05, 3.63) is 64.7 Å². The van der Waals surface area contributed by atoms with Crippen LogP contribution in [0.25, 0.3) is 0 Å². The summed E-state index contributed by atoms with van der Waals surface area (Å²) in [5.74, 6) is 1.15. The standard InChI is InChI=1S/C23H29ClN2O3/c1-17(2)16-29-21-9-5-19(6-10-21)23(27)25-15-22(26-11-13-28-14-12-26)18-3-7-20(24)8-4-18/h3-10,17,22H,11-16H2,1-2H3,(H,25,27)/t22-/m1/s1. The van der Waals surface area contributed by atoms with Gasteiger partial charge in [-0.15, -0.1) is 0 Å². The lowest BCUT2D eigenvalue weighted by Crippen LogP contribution is -2.43. The van der Waals surface area contributed by atoms with Crippen molar-refractivity contribution in [1.29, 1.82) is 0 Å². The number of hydrogen-bond acceptors (Lipinski definition) is 4. The molecule has 0 aliphatic carbocycles. The van der Waals surface area contributed by atoms with Crippen LogP contribution in [0.2, 0.25) is 5.02 Å². The van der Waals surface area contributed by atoms with E-state index in [1.165, 1.54) is 0 Å². The minimum atomic E-state index is -0.0902. The van der Waals surface area contributed by atoms with Crippen LogP contribution >= 0.6 is 11.6 Å². The molecular weight excluding hydrogens is 388 g/mol. The van der Waals surface area contributed by atoms with Crippen LogP contribution in [-0.4, -0.2) is 50.3 Å². The van der Waals surface area contributed by atoms with E-state index in [0.717, 1.165) is 24.4 Å². The highest BCUT2D eigenvalue weighted by Crippen LogP contribution is 2.23. The highest BCUT2D eigenvalue weighted by atomic mass is 35.5. The Morgan fingerprint density at radius 2 is 1.76 bits per heavy atom. The van der Waals surface area contributed by atoms with E-state index < -0.39 is 0 Å². The van der Waals surface area contributed by atoms with Crippen LogP contribution in [0.1, 0.15) is 35.8 Å². The average Bonchev–Trinajstić information content (AvgIpc) is 2.74. The molecule has 0 spiro atoms. The normalized spacial score (nSPS) is 15.9. The SMILES string of the molecule is CC(C)COc1ccc(C(=O)NC[C@H](c2ccc(Cl)cc2)N2CCOCC2)cc1. The molecule has 0 bridgehead atoms. The summed E-state index contributed by atoms with van der Waals surface area (Å²) in [7, 11) is 0. The zero-order valence-corrected chi connectivity index (χ0v) is 17.8. The van der Waals surface area contributed by atoms with Crippen molar-refractivity contribution >= 4 is 17.5 Å². The van der Waals surface area contributed by atoms with Gasteiger partial charge in [0.25, 0.3) is 5.91 Å². The molecular formula is C23H29ClN2O3. The molecule has 0 saturated carbocycles. The molecule has 6 heteroatoms. The van der Waals surface area contributed by atoms with Gasteiger partial charge in [-0.2, -0.15) is 0 Å². The fourth-order valence-electron chi connectivity index (χ4n) is 3.29. The van der Waals surface area contributed by atoms with Crippen LogP contribution in [0.15, 0.2) is 48.5 Å². The zero-order chi connectivity index (χ0) is 20.6. The maximum absolute atomic E-state index is 12.7. The van der Waals surface area contributed by atoms with E-state index >= 15 is 0 Å². The molecule has 1 saturated heterocycles. The second kappa shape index (κ2) is 10.6. The molecule has 1 N–H and O–H groups in total. The predicted molar refractivity (Wildman–Crippen MR) is 116 cm³/mol. The van der Waals surface area contributed by atoms with Crippen LogP contribution in [0.3, 0.4) is 0 Å². The first-order chi connectivity index (χ1) is 14.0. The number of carbonyl (C=O) groups excluding carboxylic acids is 1. The summed E-state index contributed by atoms with van der Waals surface area (Å²) >= 11 is 6.05. The van der Waals surface area contributed by atoms with Gasteiger partial charge in [0.15, 0.2) is 0 Å². The Morgan fingerprint density at radius 1 is 1.10 bits per heavy atom. The van der Waals surface area contributed by atoms with E-state index in [0.29, 0.717) is 42.9 Å². The number of nitrogens with zero attached hydrogens (tertiary/aromatic N) is 1. The van der Waals surface area contributed by atoms with Gasteiger partial charge < -0.3 is 14.8 Å². The Labute approximate surface area is 177 Å². The summed E-state index contributed by atoms with van der Waals surface area (Å²) in [6, 6.07) is 15.2. The van der Waals surface area contributed by atoms with Crippen molar-refractivity contribution in [2.24, 2.45) is 5.92 Å². The van der Waals surface area contributed by atoms with E-state index in [1.807, 2.05) is 36.4 Å². The number of morpholine rings is 1. The first-order valence-electron chi connectivity index (χ1n) is 10.1. The van der Waals surface area contributed by atoms with Crippen molar-refractivity contribution in [3.8, 4) is 5.75 Å². The number of ether oxygens (including phenoxy) is 2. The Bertz CT molecular complexity index is 772. The van der Waals surface area contributed by atoms with Crippen LogP contribution in [0.5, 0.6) is 5.75 Å². The topological polar surface area (TPSA) is 50.8 Å². The molecule has 29 heavy (non-hydrogen) atoms. The molecule has 2 aromatic carbocycles. The molecule has 1 aliphatic rings. The van der Waals surface area contributed by atoms with Gasteiger partial charge in [0.1, 0.15) is 5.75 Å². The maximum Gasteiger partial charge on any atom is 0.251 e. The third kappa shape index (κ3) is 6.46. The van der Waals surface area contributed by atoms with Crippen molar-refractivity contribution in [2.45, 2.75) is 19.9 Å². The maximum atomic E-state index is 12.7. The van der Waals surface area contributed by atoms with Gasteiger partial charge in [0.05, 0.1) is 25.9 Å². The van der Waals surface area contributed by atoms with Gasteiger partial charge in [-0.05, 0) is 47.9 Å². The lowest BCUT2D eigenvalue weighted by molar-refractivity contribution is 0.0162. The second-order valence-corrected chi connectivity index (χ2v) is 8.09.